The Kier molecular flexibility index (Phi) is 6.45. The van der Waals surface area contributed by atoms with Crippen LogP contribution in [0.5, 0.6) is 0 Å². The average molecular weight is 165 g/mol. The van der Waals surface area contributed by atoms with Gasteiger partial charge in [0.05, 0.1) is 6.42 Å². The molecule has 0 radical (unpaired) electrons. The molecule has 0 saturated heterocycles. The fourth-order valence-electron chi connectivity index (χ4n) is 0.492. The van der Waals surface area contributed by atoms with Crippen molar-refractivity contribution in [3.05, 3.63) is 30.3 Å². The minimum atomic E-state index is 0.0278. The summed E-state index contributed by atoms with van der Waals surface area (Å²) in [7, 11) is 0. The molecule has 12 heavy (non-hydrogen) atoms. The highest BCUT2D eigenvalue weighted by Gasteiger charge is 1.72. The lowest BCUT2D eigenvalue weighted by Gasteiger charge is -1.83. The van der Waals surface area contributed by atoms with Gasteiger partial charge in [-0.25, -0.2) is 0 Å². The molecule has 0 fully saturated rings. The smallest absolute Gasteiger partial charge is 0.127 e. The maximum Gasteiger partial charge on any atom is 0.127 e. The lowest BCUT2D eigenvalue weighted by molar-refractivity contribution is -0.114. The zero-order valence-corrected chi connectivity index (χ0v) is 6.64. The molecule has 0 aliphatic rings. The first-order chi connectivity index (χ1) is 5.81. The van der Waals surface area contributed by atoms with E-state index in [0.717, 1.165) is 5.69 Å². The summed E-state index contributed by atoms with van der Waals surface area (Å²) >= 11 is 0. The minimum Gasteiger partial charge on any atom is -0.399 e. The Balaban J connectivity index is 0.000000217. The molecule has 0 amide bonds. The van der Waals surface area contributed by atoms with Crippen molar-refractivity contribution in [1.29, 1.82) is 0 Å². The summed E-state index contributed by atoms with van der Waals surface area (Å²) in [5.74, 6) is 0. The van der Waals surface area contributed by atoms with Gasteiger partial charge in [0, 0.05) is 5.69 Å². The Labute approximate surface area is 71.2 Å². The summed E-state index contributed by atoms with van der Waals surface area (Å²) in [6, 6.07) is 9.49. The van der Waals surface area contributed by atoms with Crippen LogP contribution >= 0.6 is 0 Å². The standard InChI is InChI=1S/C6H7N.C3H4O2/c7-6-4-2-1-3-5-6;4-2-1-3-5/h1-5H,7H2;2-3H,1H2. The molecule has 1 rings (SSSR count). The molecule has 0 heterocycles. The van der Waals surface area contributed by atoms with E-state index in [1.54, 1.807) is 0 Å². The maximum atomic E-state index is 9.17. The molecule has 0 atom stereocenters. The lowest BCUT2D eigenvalue weighted by Crippen LogP contribution is -1.79. The molecule has 2 N–H and O–H groups in total. The number of carbonyl (C=O) groups is 2. The second-order valence-electron chi connectivity index (χ2n) is 1.98. The summed E-state index contributed by atoms with van der Waals surface area (Å²) in [5.41, 5.74) is 6.18. The molecule has 0 aliphatic carbocycles. The first-order valence-corrected chi connectivity index (χ1v) is 3.49. The SMILES string of the molecule is Nc1ccccc1.O=CCC=O. The normalized spacial score (nSPS) is 7.67. The van der Waals surface area contributed by atoms with Crippen LogP contribution in [0.3, 0.4) is 0 Å². The van der Waals surface area contributed by atoms with Crippen LogP contribution in [-0.4, -0.2) is 12.6 Å². The van der Waals surface area contributed by atoms with Crippen molar-refractivity contribution >= 4 is 18.3 Å². The predicted octanol–water partition coefficient (Wildman–Crippen LogP) is 1.04. The number of anilines is 1. The molecule has 3 heteroatoms. The maximum absolute atomic E-state index is 9.17. The van der Waals surface area contributed by atoms with Crippen LogP contribution in [0.15, 0.2) is 30.3 Å². The van der Waals surface area contributed by atoms with E-state index in [-0.39, 0.29) is 6.42 Å². The predicted molar refractivity (Wildman–Crippen MR) is 47.6 cm³/mol. The number of nitrogen functional groups attached to an aromatic ring is 1. The van der Waals surface area contributed by atoms with Gasteiger partial charge in [-0.1, -0.05) is 18.2 Å². The van der Waals surface area contributed by atoms with E-state index in [0.29, 0.717) is 12.6 Å². The molecule has 0 saturated carbocycles. The molecular formula is C9H11NO2. The summed E-state index contributed by atoms with van der Waals surface area (Å²) in [5, 5.41) is 0. The van der Waals surface area contributed by atoms with Crippen molar-refractivity contribution in [3.63, 3.8) is 0 Å². The fraction of sp³-hybridized carbons (Fsp3) is 0.111. The van der Waals surface area contributed by atoms with Crippen molar-refractivity contribution < 1.29 is 9.59 Å². The Morgan fingerprint density at radius 1 is 1.08 bits per heavy atom. The number of hydrogen-bond donors (Lipinski definition) is 1. The van der Waals surface area contributed by atoms with Gasteiger partial charge in [-0.05, 0) is 12.1 Å². The lowest BCUT2D eigenvalue weighted by atomic mass is 10.3. The second-order valence-corrected chi connectivity index (χ2v) is 1.98. The number of carbonyl (C=O) groups excluding carboxylic acids is 2. The van der Waals surface area contributed by atoms with Crippen molar-refractivity contribution in [3.8, 4) is 0 Å². The number of nitrogens with two attached hydrogens (primary N) is 1. The number of aldehydes is 2. The first kappa shape index (κ1) is 10.4. The average Bonchev–Trinajstić information content (AvgIpc) is 2.08. The van der Waals surface area contributed by atoms with Gasteiger partial charge in [-0.3, -0.25) is 0 Å². The van der Waals surface area contributed by atoms with E-state index in [9.17, 15) is 9.59 Å². The topological polar surface area (TPSA) is 60.2 Å². The number of benzene rings is 1. The molecule has 0 aliphatic heterocycles. The van der Waals surface area contributed by atoms with Gasteiger partial charge in [0.15, 0.2) is 0 Å². The number of rotatable bonds is 2. The Bertz CT molecular complexity index is 215. The fourth-order valence-corrected chi connectivity index (χ4v) is 0.492. The van der Waals surface area contributed by atoms with Crippen molar-refractivity contribution in [2.24, 2.45) is 0 Å². The molecule has 1 aromatic rings. The van der Waals surface area contributed by atoms with E-state index >= 15 is 0 Å². The number of para-hydroxylation sites is 1. The summed E-state index contributed by atoms with van der Waals surface area (Å²) in [6.45, 7) is 0. The van der Waals surface area contributed by atoms with Crippen LogP contribution in [0.1, 0.15) is 6.42 Å². The molecule has 0 aromatic heterocycles. The third kappa shape index (κ3) is 6.48. The van der Waals surface area contributed by atoms with E-state index in [2.05, 4.69) is 0 Å². The molecule has 0 bridgehead atoms. The first-order valence-electron chi connectivity index (χ1n) is 3.49. The Morgan fingerprint density at radius 3 is 1.75 bits per heavy atom. The molecule has 3 nitrogen and oxygen atoms in total. The second kappa shape index (κ2) is 7.47. The van der Waals surface area contributed by atoms with E-state index in [4.69, 9.17) is 5.73 Å². The van der Waals surface area contributed by atoms with Gasteiger partial charge >= 0.3 is 0 Å². The third-order valence-corrected chi connectivity index (χ3v) is 0.992. The summed E-state index contributed by atoms with van der Waals surface area (Å²) < 4.78 is 0. The van der Waals surface area contributed by atoms with E-state index in [1.807, 2.05) is 30.3 Å². The highest BCUT2D eigenvalue weighted by atomic mass is 16.1. The van der Waals surface area contributed by atoms with Crippen LogP contribution < -0.4 is 5.73 Å². The summed E-state index contributed by atoms with van der Waals surface area (Å²) in [4.78, 5) is 18.3. The van der Waals surface area contributed by atoms with Gasteiger partial charge in [0.2, 0.25) is 0 Å². The van der Waals surface area contributed by atoms with E-state index in [1.165, 1.54) is 0 Å². The zero-order valence-electron chi connectivity index (χ0n) is 6.64. The quantitative estimate of drug-likeness (QED) is 0.404. The van der Waals surface area contributed by atoms with Gasteiger partial charge in [-0.2, -0.15) is 0 Å². The monoisotopic (exact) mass is 165 g/mol. The van der Waals surface area contributed by atoms with Crippen LogP contribution in [0.4, 0.5) is 5.69 Å². The highest BCUT2D eigenvalue weighted by molar-refractivity contribution is 5.72. The highest BCUT2D eigenvalue weighted by Crippen LogP contribution is 1.95. The molecule has 0 spiro atoms. The van der Waals surface area contributed by atoms with Crippen molar-refractivity contribution in [1.82, 2.24) is 0 Å². The molecule has 1 aromatic carbocycles. The van der Waals surface area contributed by atoms with E-state index < -0.39 is 0 Å². The minimum absolute atomic E-state index is 0.0278. The van der Waals surface area contributed by atoms with Crippen molar-refractivity contribution in [2.45, 2.75) is 6.42 Å². The van der Waals surface area contributed by atoms with Gasteiger partial charge in [0.1, 0.15) is 12.6 Å². The van der Waals surface area contributed by atoms with Crippen molar-refractivity contribution in [2.75, 3.05) is 5.73 Å². The molecule has 64 valence electrons. The third-order valence-electron chi connectivity index (χ3n) is 0.992. The van der Waals surface area contributed by atoms with Crippen LogP contribution in [0.25, 0.3) is 0 Å². The molecular weight excluding hydrogens is 154 g/mol. The number of hydrogen-bond acceptors (Lipinski definition) is 3. The van der Waals surface area contributed by atoms with Crippen LogP contribution in [0, 0.1) is 0 Å². The zero-order chi connectivity index (χ0) is 9.23. The van der Waals surface area contributed by atoms with Crippen LogP contribution in [0.2, 0.25) is 0 Å². The van der Waals surface area contributed by atoms with Gasteiger partial charge in [-0.15, -0.1) is 0 Å². The largest absolute Gasteiger partial charge is 0.399 e. The molecule has 0 unspecified atom stereocenters. The Morgan fingerprint density at radius 2 is 1.58 bits per heavy atom. The van der Waals surface area contributed by atoms with Crippen LogP contribution in [-0.2, 0) is 9.59 Å². The summed E-state index contributed by atoms with van der Waals surface area (Å²) in [6.07, 6.45) is 1.15. The van der Waals surface area contributed by atoms with Gasteiger partial charge < -0.3 is 15.3 Å². The van der Waals surface area contributed by atoms with Gasteiger partial charge in [0.25, 0.3) is 0 Å². The Hall–Kier alpha value is -1.64.